The quantitative estimate of drug-likeness (QED) is 0.678. The Morgan fingerprint density at radius 1 is 1.27 bits per heavy atom. The van der Waals surface area contributed by atoms with Crippen LogP contribution in [0.1, 0.15) is 52.9 Å². The molecule has 15 heavy (non-hydrogen) atoms. The molecule has 2 nitrogen and oxygen atoms in total. The Morgan fingerprint density at radius 3 is 2.47 bits per heavy atom. The van der Waals surface area contributed by atoms with Crippen LogP contribution in [0, 0.1) is 5.92 Å². The van der Waals surface area contributed by atoms with E-state index in [2.05, 4.69) is 31.4 Å². The highest BCUT2D eigenvalue weighted by molar-refractivity contribution is 4.93. The van der Waals surface area contributed by atoms with Crippen molar-refractivity contribution in [3.05, 3.63) is 0 Å². The Labute approximate surface area is 95.2 Å². The molecule has 1 fully saturated rings. The first-order chi connectivity index (χ1) is 7.26. The molecule has 0 aromatic heterocycles. The van der Waals surface area contributed by atoms with Crippen LogP contribution in [0.3, 0.4) is 0 Å². The van der Waals surface area contributed by atoms with E-state index in [9.17, 15) is 0 Å². The molecule has 1 aliphatic rings. The van der Waals surface area contributed by atoms with Gasteiger partial charge in [-0.1, -0.05) is 33.6 Å². The molecule has 1 aliphatic heterocycles. The van der Waals surface area contributed by atoms with Crippen molar-refractivity contribution in [3.63, 3.8) is 0 Å². The van der Waals surface area contributed by atoms with Gasteiger partial charge in [0.15, 0.2) is 0 Å². The van der Waals surface area contributed by atoms with Gasteiger partial charge in [0, 0.05) is 12.1 Å². The third kappa shape index (κ3) is 3.76. The second kappa shape index (κ2) is 6.49. The zero-order valence-corrected chi connectivity index (χ0v) is 10.7. The fourth-order valence-electron chi connectivity index (χ4n) is 2.54. The summed E-state index contributed by atoms with van der Waals surface area (Å²) in [5.41, 5.74) is 0.409. The van der Waals surface area contributed by atoms with Crippen LogP contribution in [-0.2, 0) is 0 Å². The lowest BCUT2D eigenvalue weighted by atomic mass is 9.93. The van der Waals surface area contributed by atoms with E-state index < -0.39 is 0 Å². The van der Waals surface area contributed by atoms with Crippen LogP contribution < -0.4 is 10.6 Å². The molecule has 1 saturated heterocycles. The van der Waals surface area contributed by atoms with Crippen molar-refractivity contribution in [3.8, 4) is 0 Å². The maximum atomic E-state index is 3.67. The summed E-state index contributed by atoms with van der Waals surface area (Å²) < 4.78 is 0. The van der Waals surface area contributed by atoms with Crippen molar-refractivity contribution in [2.75, 3.05) is 19.6 Å². The summed E-state index contributed by atoms with van der Waals surface area (Å²) in [6, 6.07) is 0. The summed E-state index contributed by atoms with van der Waals surface area (Å²) in [5, 5.41) is 7.33. The second-order valence-electron chi connectivity index (χ2n) is 4.98. The van der Waals surface area contributed by atoms with E-state index in [1.165, 1.54) is 45.2 Å². The summed E-state index contributed by atoms with van der Waals surface area (Å²) in [4.78, 5) is 0. The van der Waals surface area contributed by atoms with Gasteiger partial charge < -0.3 is 10.6 Å². The first kappa shape index (κ1) is 13.0. The Bertz CT molecular complexity index is 158. The topological polar surface area (TPSA) is 24.1 Å². The van der Waals surface area contributed by atoms with Crippen LogP contribution in [0.5, 0.6) is 0 Å². The number of rotatable bonds is 7. The zero-order chi connectivity index (χ0) is 11.1. The minimum atomic E-state index is 0.409. The van der Waals surface area contributed by atoms with E-state index in [1.54, 1.807) is 0 Å². The Kier molecular flexibility index (Phi) is 5.62. The number of hydrogen-bond donors (Lipinski definition) is 2. The van der Waals surface area contributed by atoms with Gasteiger partial charge in [-0.3, -0.25) is 0 Å². The van der Waals surface area contributed by atoms with E-state index in [0.717, 1.165) is 12.5 Å². The van der Waals surface area contributed by atoms with Crippen molar-refractivity contribution in [1.82, 2.24) is 10.6 Å². The summed E-state index contributed by atoms with van der Waals surface area (Å²) >= 11 is 0. The first-order valence-corrected chi connectivity index (χ1v) is 6.72. The van der Waals surface area contributed by atoms with E-state index >= 15 is 0 Å². The van der Waals surface area contributed by atoms with Crippen LogP contribution in [-0.4, -0.2) is 25.2 Å². The third-order valence-corrected chi connectivity index (χ3v) is 4.06. The molecule has 0 aromatic carbocycles. The number of hydrogen-bond acceptors (Lipinski definition) is 2. The van der Waals surface area contributed by atoms with Gasteiger partial charge in [-0.25, -0.2) is 0 Å². The zero-order valence-electron chi connectivity index (χ0n) is 10.7. The van der Waals surface area contributed by atoms with Crippen LogP contribution in [0.15, 0.2) is 0 Å². The molecule has 0 bridgehead atoms. The molecule has 0 aliphatic carbocycles. The molecule has 1 rings (SSSR count). The van der Waals surface area contributed by atoms with E-state index in [1.807, 2.05) is 0 Å². The molecule has 2 N–H and O–H groups in total. The van der Waals surface area contributed by atoms with Crippen LogP contribution >= 0.6 is 0 Å². The Hall–Kier alpha value is -0.0800. The van der Waals surface area contributed by atoms with Crippen molar-refractivity contribution in [2.45, 2.75) is 58.4 Å². The molecule has 1 unspecified atom stereocenters. The molecule has 0 saturated carbocycles. The predicted molar refractivity (Wildman–Crippen MR) is 67.2 cm³/mol. The number of nitrogens with one attached hydrogen (secondary N) is 2. The van der Waals surface area contributed by atoms with Crippen LogP contribution in [0.4, 0.5) is 0 Å². The average Bonchev–Trinajstić information content (AvgIpc) is 2.74. The van der Waals surface area contributed by atoms with Gasteiger partial charge in [0.25, 0.3) is 0 Å². The highest BCUT2D eigenvalue weighted by atomic mass is 15.1. The van der Waals surface area contributed by atoms with E-state index in [4.69, 9.17) is 0 Å². The van der Waals surface area contributed by atoms with Crippen molar-refractivity contribution < 1.29 is 0 Å². The molecule has 2 heteroatoms. The van der Waals surface area contributed by atoms with Gasteiger partial charge in [0.1, 0.15) is 0 Å². The van der Waals surface area contributed by atoms with Gasteiger partial charge in [-0.05, 0) is 38.3 Å². The largest absolute Gasteiger partial charge is 0.315 e. The fourth-order valence-corrected chi connectivity index (χ4v) is 2.54. The standard InChI is InChI=1S/C13H28N2/c1-4-12(5-2)10-14-11-13(6-3)8-7-9-15-13/h12,14-15H,4-11H2,1-3H3. The van der Waals surface area contributed by atoms with Crippen molar-refractivity contribution >= 4 is 0 Å². The van der Waals surface area contributed by atoms with Gasteiger partial charge in [-0.15, -0.1) is 0 Å². The van der Waals surface area contributed by atoms with E-state index in [-0.39, 0.29) is 0 Å². The maximum absolute atomic E-state index is 3.67. The van der Waals surface area contributed by atoms with Gasteiger partial charge >= 0.3 is 0 Å². The van der Waals surface area contributed by atoms with Crippen LogP contribution in [0.2, 0.25) is 0 Å². The maximum Gasteiger partial charge on any atom is 0.0304 e. The molecule has 1 heterocycles. The van der Waals surface area contributed by atoms with Crippen molar-refractivity contribution in [2.24, 2.45) is 5.92 Å². The Balaban J connectivity index is 2.22. The molecule has 1 atom stereocenters. The lowest BCUT2D eigenvalue weighted by molar-refractivity contribution is 0.324. The molecule has 0 spiro atoms. The van der Waals surface area contributed by atoms with Gasteiger partial charge in [0.2, 0.25) is 0 Å². The van der Waals surface area contributed by atoms with Gasteiger partial charge in [-0.2, -0.15) is 0 Å². The fraction of sp³-hybridized carbons (Fsp3) is 1.00. The first-order valence-electron chi connectivity index (χ1n) is 6.72. The summed E-state index contributed by atoms with van der Waals surface area (Å²) in [7, 11) is 0. The minimum Gasteiger partial charge on any atom is -0.315 e. The minimum absolute atomic E-state index is 0.409. The molecular weight excluding hydrogens is 184 g/mol. The molecular formula is C13H28N2. The summed E-state index contributed by atoms with van der Waals surface area (Å²) in [6.07, 6.45) is 6.55. The summed E-state index contributed by atoms with van der Waals surface area (Å²) in [6.45, 7) is 10.4. The lowest BCUT2D eigenvalue weighted by Gasteiger charge is -2.29. The van der Waals surface area contributed by atoms with E-state index in [0.29, 0.717) is 5.54 Å². The highest BCUT2D eigenvalue weighted by Gasteiger charge is 2.30. The highest BCUT2D eigenvalue weighted by Crippen LogP contribution is 2.22. The van der Waals surface area contributed by atoms with Gasteiger partial charge in [0.05, 0.1) is 0 Å². The third-order valence-electron chi connectivity index (χ3n) is 4.06. The van der Waals surface area contributed by atoms with Crippen molar-refractivity contribution in [1.29, 1.82) is 0 Å². The normalized spacial score (nSPS) is 26.4. The summed E-state index contributed by atoms with van der Waals surface area (Å²) in [5.74, 6) is 0.861. The molecule has 0 radical (unpaired) electrons. The Morgan fingerprint density at radius 2 is 2.00 bits per heavy atom. The molecule has 0 amide bonds. The monoisotopic (exact) mass is 212 g/mol. The SMILES string of the molecule is CCC(CC)CNCC1(CC)CCCN1. The lowest BCUT2D eigenvalue weighted by Crippen LogP contribution is -2.48. The second-order valence-corrected chi connectivity index (χ2v) is 4.98. The molecule has 0 aromatic rings. The smallest absolute Gasteiger partial charge is 0.0304 e. The molecule has 90 valence electrons. The average molecular weight is 212 g/mol. The predicted octanol–water partition coefficient (Wildman–Crippen LogP) is 2.54. The van der Waals surface area contributed by atoms with Crippen LogP contribution in [0.25, 0.3) is 0 Å².